The van der Waals surface area contributed by atoms with Crippen molar-refractivity contribution in [1.29, 1.82) is 0 Å². The molecule has 1 aromatic rings. The van der Waals surface area contributed by atoms with Crippen molar-refractivity contribution in [3.63, 3.8) is 0 Å². The van der Waals surface area contributed by atoms with Gasteiger partial charge in [0.05, 0.1) is 0 Å². The van der Waals surface area contributed by atoms with E-state index in [1.54, 1.807) is 0 Å². The van der Waals surface area contributed by atoms with Gasteiger partial charge in [-0.2, -0.15) is 5.10 Å². The van der Waals surface area contributed by atoms with Gasteiger partial charge in [0.15, 0.2) is 5.82 Å². The third-order valence-corrected chi connectivity index (χ3v) is 1.39. The largest absolute Gasteiger partial charge is 0.368 e. The summed E-state index contributed by atoms with van der Waals surface area (Å²) < 4.78 is 1.44. The van der Waals surface area contributed by atoms with Gasteiger partial charge in [0.2, 0.25) is 5.91 Å². The molecule has 0 fully saturated rings. The molecule has 0 spiro atoms. The van der Waals surface area contributed by atoms with Crippen molar-refractivity contribution in [2.75, 3.05) is 0 Å². The highest BCUT2D eigenvalue weighted by atomic mass is 16.1. The van der Waals surface area contributed by atoms with Crippen LogP contribution in [0.1, 0.15) is 25.6 Å². The van der Waals surface area contributed by atoms with Gasteiger partial charge in [0.25, 0.3) is 0 Å². The number of amides is 1. The summed E-state index contributed by atoms with van der Waals surface area (Å²) in [6.45, 7) is 4.08. The molecule has 2 N–H and O–H groups in total. The van der Waals surface area contributed by atoms with Crippen molar-refractivity contribution in [1.82, 2.24) is 14.8 Å². The zero-order chi connectivity index (χ0) is 9.14. The van der Waals surface area contributed by atoms with Gasteiger partial charge in [0.1, 0.15) is 12.9 Å². The molecule has 1 heterocycles. The molecule has 0 saturated heterocycles. The highest BCUT2D eigenvalue weighted by molar-refractivity contribution is 5.73. The molecule has 66 valence electrons. The number of rotatable bonds is 3. The Morgan fingerprint density at radius 1 is 1.75 bits per heavy atom. The molecule has 0 bridgehead atoms. The molecule has 5 heteroatoms. The molecule has 0 aliphatic rings. The highest BCUT2D eigenvalue weighted by Crippen LogP contribution is 2.06. The van der Waals surface area contributed by atoms with Crippen LogP contribution in [0.15, 0.2) is 6.33 Å². The van der Waals surface area contributed by atoms with Gasteiger partial charge in [-0.1, -0.05) is 13.8 Å². The van der Waals surface area contributed by atoms with Crippen molar-refractivity contribution in [2.45, 2.75) is 26.3 Å². The second kappa shape index (κ2) is 3.34. The Labute approximate surface area is 70.6 Å². The Hall–Kier alpha value is -1.39. The van der Waals surface area contributed by atoms with E-state index in [1.165, 1.54) is 11.0 Å². The number of aromatic nitrogens is 3. The van der Waals surface area contributed by atoms with Crippen LogP contribution < -0.4 is 5.73 Å². The molecular formula is C7H12N4O. The first-order valence-electron chi connectivity index (χ1n) is 3.77. The number of primary amides is 1. The first-order valence-corrected chi connectivity index (χ1v) is 3.77. The van der Waals surface area contributed by atoms with Gasteiger partial charge < -0.3 is 5.73 Å². The topological polar surface area (TPSA) is 73.8 Å². The van der Waals surface area contributed by atoms with E-state index in [0.29, 0.717) is 0 Å². The van der Waals surface area contributed by atoms with Crippen LogP contribution in [0, 0.1) is 0 Å². The maximum absolute atomic E-state index is 10.5. The van der Waals surface area contributed by atoms with Crippen LogP contribution in [0.3, 0.4) is 0 Å². The summed E-state index contributed by atoms with van der Waals surface area (Å²) in [5.74, 6) is 0.602. The number of nitrogens with zero attached hydrogens (tertiary/aromatic N) is 3. The highest BCUT2D eigenvalue weighted by Gasteiger charge is 2.05. The van der Waals surface area contributed by atoms with Crippen molar-refractivity contribution in [3.8, 4) is 0 Å². The van der Waals surface area contributed by atoms with Crippen molar-refractivity contribution < 1.29 is 4.79 Å². The summed E-state index contributed by atoms with van der Waals surface area (Å²) in [7, 11) is 0. The Bertz CT molecular complexity index is 279. The zero-order valence-electron chi connectivity index (χ0n) is 7.19. The van der Waals surface area contributed by atoms with E-state index in [9.17, 15) is 4.79 Å². The Morgan fingerprint density at radius 2 is 2.42 bits per heavy atom. The number of hydrogen-bond donors (Lipinski definition) is 1. The van der Waals surface area contributed by atoms with Gasteiger partial charge in [-0.15, -0.1) is 0 Å². The first kappa shape index (κ1) is 8.70. The Morgan fingerprint density at radius 3 is 2.83 bits per heavy atom. The summed E-state index contributed by atoms with van der Waals surface area (Å²) in [5.41, 5.74) is 4.98. The molecule has 0 atom stereocenters. The smallest absolute Gasteiger partial charge is 0.239 e. The first-order chi connectivity index (χ1) is 5.59. The van der Waals surface area contributed by atoms with Crippen LogP contribution in [0.2, 0.25) is 0 Å². The van der Waals surface area contributed by atoms with E-state index < -0.39 is 5.91 Å². The van der Waals surface area contributed by atoms with Crippen LogP contribution in [0.5, 0.6) is 0 Å². The molecule has 1 amide bonds. The van der Waals surface area contributed by atoms with E-state index in [-0.39, 0.29) is 12.5 Å². The maximum Gasteiger partial charge on any atom is 0.239 e. The monoisotopic (exact) mass is 168 g/mol. The van der Waals surface area contributed by atoms with Crippen molar-refractivity contribution in [3.05, 3.63) is 12.2 Å². The second-order valence-electron chi connectivity index (χ2n) is 2.92. The summed E-state index contributed by atoms with van der Waals surface area (Å²) in [5, 5.41) is 4.05. The number of hydrogen-bond acceptors (Lipinski definition) is 3. The third-order valence-electron chi connectivity index (χ3n) is 1.39. The average Bonchev–Trinajstić information content (AvgIpc) is 2.34. The SMILES string of the molecule is CC(C)c1ncn(CC(N)=O)n1. The standard InChI is InChI=1S/C7H12N4O/c1-5(2)7-9-4-11(10-7)3-6(8)12/h4-5H,3H2,1-2H3,(H2,8,12). The number of carbonyl (C=O) groups excluding carboxylic acids is 1. The van der Waals surface area contributed by atoms with Gasteiger partial charge in [-0.3, -0.25) is 4.79 Å². The minimum Gasteiger partial charge on any atom is -0.368 e. The molecule has 0 aromatic carbocycles. The lowest BCUT2D eigenvalue weighted by molar-refractivity contribution is -0.118. The zero-order valence-corrected chi connectivity index (χ0v) is 7.19. The summed E-state index contributed by atoms with van der Waals surface area (Å²) in [6, 6.07) is 0. The van der Waals surface area contributed by atoms with E-state index >= 15 is 0 Å². The normalized spacial score (nSPS) is 10.6. The number of nitrogens with two attached hydrogens (primary N) is 1. The number of carbonyl (C=O) groups is 1. The Balaban J connectivity index is 2.70. The molecule has 5 nitrogen and oxygen atoms in total. The summed E-state index contributed by atoms with van der Waals surface area (Å²) in [6.07, 6.45) is 1.51. The van der Waals surface area contributed by atoms with Crippen molar-refractivity contribution in [2.24, 2.45) is 5.73 Å². The lowest BCUT2D eigenvalue weighted by atomic mass is 10.2. The fraction of sp³-hybridized carbons (Fsp3) is 0.571. The molecular weight excluding hydrogens is 156 g/mol. The summed E-state index contributed by atoms with van der Waals surface area (Å²) >= 11 is 0. The Kier molecular flexibility index (Phi) is 2.42. The minimum absolute atomic E-state index is 0.0969. The molecule has 12 heavy (non-hydrogen) atoms. The fourth-order valence-electron chi connectivity index (χ4n) is 0.809. The molecule has 0 radical (unpaired) electrons. The van der Waals surface area contributed by atoms with Crippen molar-refractivity contribution >= 4 is 5.91 Å². The molecule has 0 aliphatic carbocycles. The fourth-order valence-corrected chi connectivity index (χ4v) is 0.809. The maximum atomic E-state index is 10.5. The average molecular weight is 168 g/mol. The quantitative estimate of drug-likeness (QED) is 0.684. The van der Waals surface area contributed by atoms with Crippen LogP contribution in [-0.4, -0.2) is 20.7 Å². The van der Waals surface area contributed by atoms with Crippen LogP contribution in [-0.2, 0) is 11.3 Å². The van der Waals surface area contributed by atoms with E-state index in [0.717, 1.165) is 5.82 Å². The van der Waals surface area contributed by atoms with Gasteiger partial charge in [-0.25, -0.2) is 9.67 Å². The lowest BCUT2D eigenvalue weighted by Crippen LogP contribution is -2.19. The second-order valence-corrected chi connectivity index (χ2v) is 2.92. The molecule has 0 saturated carbocycles. The molecule has 1 aromatic heterocycles. The lowest BCUT2D eigenvalue weighted by Gasteiger charge is -1.96. The van der Waals surface area contributed by atoms with Gasteiger partial charge in [0, 0.05) is 5.92 Å². The van der Waals surface area contributed by atoms with Crippen LogP contribution >= 0.6 is 0 Å². The molecule has 1 rings (SSSR count). The van der Waals surface area contributed by atoms with Gasteiger partial charge in [-0.05, 0) is 0 Å². The third kappa shape index (κ3) is 2.05. The van der Waals surface area contributed by atoms with E-state index in [4.69, 9.17) is 5.73 Å². The molecule has 0 aliphatic heterocycles. The van der Waals surface area contributed by atoms with Gasteiger partial charge >= 0.3 is 0 Å². The predicted octanol–water partition coefficient (Wildman–Crippen LogP) is -0.113. The van der Waals surface area contributed by atoms with E-state index in [1.807, 2.05) is 13.8 Å². The molecule has 0 unspecified atom stereocenters. The van der Waals surface area contributed by atoms with Crippen LogP contribution in [0.25, 0.3) is 0 Å². The summed E-state index contributed by atoms with van der Waals surface area (Å²) in [4.78, 5) is 14.5. The van der Waals surface area contributed by atoms with E-state index in [2.05, 4.69) is 10.1 Å². The minimum atomic E-state index is -0.407. The van der Waals surface area contributed by atoms with Crippen LogP contribution in [0.4, 0.5) is 0 Å². The predicted molar refractivity (Wildman–Crippen MR) is 43.3 cm³/mol.